The van der Waals surface area contributed by atoms with Crippen molar-refractivity contribution < 1.29 is 14.2 Å². The van der Waals surface area contributed by atoms with Crippen LogP contribution in [0.3, 0.4) is 0 Å². The number of ether oxygens (including phenoxy) is 3. The van der Waals surface area contributed by atoms with Gasteiger partial charge in [-0.25, -0.2) is 10.8 Å². The zero-order chi connectivity index (χ0) is 15.5. The Labute approximate surface area is 126 Å². The number of anilines is 1. The zero-order valence-corrected chi connectivity index (χ0v) is 13.1. The summed E-state index contributed by atoms with van der Waals surface area (Å²) in [5, 5.41) is 0. The van der Waals surface area contributed by atoms with Gasteiger partial charge in [-0.05, 0) is 13.3 Å². The Morgan fingerprint density at radius 1 is 1.14 bits per heavy atom. The summed E-state index contributed by atoms with van der Waals surface area (Å²) in [6.07, 6.45) is 2.56. The van der Waals surface area contributed by atoms with Crippen LogP contribution in [0.15, 0.2) is 0 Å². The standard InChI is InChI=1S/C14H26N4O3/c1-4-6-12-16-13(18-15)11(2)14(17-12)21-8-5-7-20-10-9-19-3/h4-10,15H2,1-3H3,(H,16,17,18). The predicted molar refractivity (Wildman–Crippen MR) is 81.4 cm³/mol. The molecule has 0 aliphatic rings. The molecule has 0 aliphatic carbocycles. The number of nitrogen functional groups attached to an aromatic ring is 1. The van der Waals surface area contributed by atoms with Crippen LogP contribution < -0.4 is 16.0 Å². The van der Waals surface area contributed by atoms with E-state index in [0.717, 1.165) is 30.7 Å². The number of aromatic nitrogens is 2. The Hall–Kier alpha value is -1.44. The highest BCUT2D eigenvalue weighted by Gasteiger charge is 2.11. The van der Waals surface area contributed by atoms with E-state index in [-0.39, 0.29) is 0 Å². The van der Waals surface area contributed by atoms with E-state index in [2.05, 4.69) is 22.3 Å². The summed E-state index contributed by atoms with van der Waals surface area (Å²) < 4.78 is 16.0. The lowest BCUT2D eigenvalue weighted by Crippen LogP contribution is -2.14. The van der Waals surface area contributed by atoms with E-state index in [1.165, 1.54) is 0 Å². The highest BCUT2D eigenvalue weighted by molar-refractivity contribution is 5.47. The van der Waals surface area contributed by atoms with Crippen molar-refractivity contribution in [3.8, 4) is 5.88 Å². The molecular weight excluding hydrogens is 272 g/mol. The van der Waals surface area contributed by atoms with E-state index < -0.39 is 0 Å². The smallest absolute Gasteiger partial charge is 0.221 e. The van der Waals surface area contributed by atoms with Gasteiger partial charge in [0, 0.05) is 26.6 Å². The van der Waals surface area contributed by atoms with Crippen molar-refractivity contribution in [2.45, 2.75) is 33.1 Å². The lowest BCUT2D eigenvalue weighted by Gasteiger charge is -2.12. The van der Waals surface area contributed by atoms with Crippen LogP contribution in [0, 0.1) is 6.92 Å². The minimum atomic E-state index is 0.542. The van der Waals surface area contributed by atoms with Crippen molar-refractivity contribution in [1.82, 2.24) is 9.97 Å². The quantitative estimate of drug-likeness (QED) is 0.363. The first-order chi connectivity index (χ1) is 10.2. The van der Waals surface area contributed by atoms with E-state index in [1.807, 2.05) is 6.92 Å². The first-order valence-electron chi connectivity index (χ1n) is 7.26. The number of nitrogens with two attached hydrogens (primary N) is 1. The van der Waals surface area contributed by atoms with Gasteiger partial charge < -0.3 is 19.6 Å². The SMILES string of the molecule is CCCc1nc(NN)c(C)c(OCCCOCCOC)n1. The van der Waals surface area contributed by atoms with Gasteiger partial charge in [0.05, 0.1) is 25.4 Å². The molecule has 0 aliphatic heterocycles. The molecule has 7 nitrogen and oxygen atoms in total. The van der Waals surface area contributed by atoms with E-state index in [4.69, 9.17) is 20.1 Å². The number of nitrogens with zero attached hydrogens (tertiary/aromatic N) is 2. The van der Waals surface area contributed by atoms with Crippen LogP contribution in [0.2, 0.25) is 0 Å². The first kappa shape index (κ1) is 17.6. The molecule has 0 aromatic carbocycles. The van der Waals surface area contributed by atoms with E-state index in [0.29, 0.717) is 38.1 Å². The zero-order valence-electron chi connectivity index (χ0n) is 13.1. The third kappa shape index (κ3) is 6.24. The molecule has 21 heavy (non-hydrogen) atoms. The van der Waals surface area contributed by atoms with Gasteiger partial charge >= 0.3 is 0 Å². The van der Waals surface area contributed by atoms with Gasteiger partial charge in [-0.1, -0.05) is 6.92 Å². The maximum atomic E-state index is 5.71. The summed E-state index contributed by atoms with van der Waals surface area (Å²) in [6.45, 7) is 6.35. The Morgan fingerprint density at radius 3 is 2.62 bits per heavy atom. The second-order valence-corrected chi connectivity index (χ2v) is 4.62. The van der Waals surface area contributed by atoms with Gasteiger partial charge in [0.25, 0.3) is 0 Å². The van der Waals surface area contributed by atoms with Crippen LogP contribution in [0.25, 0.3) is 0 Å². The number of hydrazine groups is 1. The number of hydrogen-bond donors (Lipinski definition) is 2. The molecule has 0 unspecified atom stereocenters. The molecule has 0 saturated carbocycles. The monoisotopic (exact) mass is 298 g/mol. The third-order valence-corrected chi connectivity index (χ3v) is 2.86. The van der Waals surface area contributed by atoms with Gasteiger partial charge in [0.2, 0.25) is 5.88 Å². The lowest BCUT2D eigenvalue weighted by atomic mass is 10.3. The lowest BCUT2D eigenvalue weighted by molar-refractivity contribution is 0.0641. The van der Waals surface area contributed by atoms with Gasteiger partial charge in [-0.15, -0.1) is 0 Å². The fraction of sp³-hybridized carbons (Fsp3) is 0.714. The molecule has 0 spiro atoms. The Balaban J connectivity index is 2.47. The van der Waals surface area contributed by atoms with Crippen LogP contribution in [0.1, 0.15) is 31.2 Å². The van der Waals surface area contributed by atoms with E-state index in [9.17, 15) is 0 Å². The second kappa shape index (κ2) is 10.3. The molecule has 0 amide bonds. The van der Waals surface area contributed by atoms with Crippen LogP contribution >= 0.6 is 0 Å². The first-order valence-corrected chi connectivity index (χ1v) is 7.26. The number of hydrogen-bond acceptors (Lipinski definition) is 7. The van der Waals surface area contributed by atoms with Gasteiger partial charge in [0.15, 0.2) is 0 Å². The van der Waals surface area contributed by atoms with Crippen LogP contribution in [-0.2, 0) is 15.9 Å². The molecule has 1 rings (SSSR count). The Morgan fingerprint density at radius 2 is 1.95 bits per heavy atom. The molecule has 0 bridgehead atoms. The summed E-state index contributed by atoms with van der Waals surface area (Å²) in [6, 6.07) is 0. The van der Waals surface area contributed by atoms with Crippen molar-refractivity contribution >= 4 is 5.82 Å². The third-order valence-electron chi connectivity index (χ3n) is 2.86. The topological polar surface area (TPSA) is 91.5 Å². The van der Waals surface area contributed by atoms with Crippen molar-refractivity contribution in [2.24, 2.45) is 5.84 Å². The molecule has 0 fully saturated rings. The molecule has 1 aromatic rings. The fourth-order valence-electron chi connectivity index (χ4n) is 1.73. The van der Waals surface area contributed by atoms with Crippen molar-refractivity contribution in [3.05, 3.63) is 11.4 Å². The maximum Gasteiger partial charge on any atom is 0.221 e. The molecular formula is C14H26N4O3. The second-order valence-electron chi connectivity index (χ2n) is 4.62. The van der Waals surface area contributed by atoms with Crippen molar-refractivity contribution in [1.29, 1.82) is 0 Å². The summed E-state index contributed by atoms with van der Waals surface area (Å²) in [7, 11) is 1.65. The van der Waals surface area contributed by atoms with E-state index >= 15 is 0 Å². The molecule has 7 heteroatoms. The average molecular weight is 298 g/mol. The van der Waals surface area contributed by atoms with Gasteiger partial charge in [0.1, 0.15) is 11.6 Å². The van der Waals surface area contributed by atoms with Crippen molar-refractivity contribution in [3.63, 3.8) is 0 Å². The highest BCUT2D eigenvalue weighted by atomic mass is 16.5. The van der Waals surface area contributed by atoms with Gasteiger partial charge in [-0.3, -0.25) is 0 Å². The number of methoxy groups -OCH3 is 1. The molecule has 0 saturated heterocycles. The molecule has 3 N–H and O–H groups in total. The van der Waals surface area contributed by atoms with Crippen LogP contribution in [-0.4, -0.2) is 43.5 Å². The molecule has 1 aromatic heterocycles. The van der Waals surface area contributed by atoms with Gasteiger partial charge in [-0.2, -0.15) is 4.98 Å². The minimum absolute atomic E-state index is 0.542. The fourth-order valence-corrected chi connectivity index (χ4v) is 1.73. The highest BCUT2D eigenvalue weighted by Crippen LogP contribution is 2.21. The maximum absolute atomic E-state index is 5.71. The molecule has 0 atom stereocenters. The summed E-state index contributed by atoms with van der Waals surface area (Å²) in [4.78, 5) is 8.78. The Kier molecular flexibility index (Phi) is 8.65. The van der Waals surface area contributed by atoms with Crippen LogP contribution in [0.5, 0.6) is 5.88 Å². The van der Waals surface area contributed by atoms with E-state index in [1.54, 1.807) is 7.11 Å². The summed E-state index contributed by atoms with van der Waals surface area (Å²) >= 11 is 0. The minimum Gasteiger partial charge on any atom is -0.477 e. The average Bonchev–Trinajstić information content (AvgIpc) is 2.49. The Bertz CT molecular complexity index is 415. The largest absolute Gasteiger partial charge is 0.477 e. The number of rotatable bonds is 11. The molecule has 0 radical (unpaired) electrons. The summed E-state index contributed by atoms with van der Waals surface area (Å²) in [5.41, 5.74) is 3.41. The number of nitrogens with one attached hydrogen (secondary N) is 1. The van der Waals surface area contributed by atoms with Crippen LogP contribution in [0.4, 0.5) is 5.82 Å². The summed E-state index contributed by atoms with van der Waals surface area (Å²) in [5.74, 6) is 7.41. The molecule has 1 heterocycles. The van der Waals surface area contributed by atoms with Crippen molar-refractivity contribution in [2.75, 3.05) is 39.0 Å². The number of aryl methyl sites for hydroxylation is 1. The molecule has 120 valence electrons. The normalized spacial score (nSPS) is 10.7. The predicted octanol–water partition coefficient (Wildman–Crippen LogP) is 1.46.